The number of rotatable bonds is 6. The molecule has 0 heterocycles. The van der Waals surface area contributed by atoms with E-state index in [9.17, 15) is 4.39 Å². The van der Waals surface area contributed by atoms with Gasteiger partial charge in [0, 0.05) is 13.1 Å². The lowest BCUT2D eigenvalue weighted by atomic mass is 10.1. The second-order valence-corrected chi connectivity index (χ2v) is 4.90. The quantitative estimate of drug-likeness (QED) is 0.641. The number of halogens is 1. The molecule has 0 saturated carbocycles. The lowest BCUT2D eigenvalue weighted by molar-refractivity contribution is 0.305. The lowest BCUT2D eigenvalue weighted by Crippen LogP contribution is -2.37. The molecule has 0 saturated heterocycles. The van der Waals surface area contributed by atoms with Gasteiger partial charge in [-0.3, -0.25) is 4.99 Å². The smallest absolute Gasteiger partial charge is 0.191 e. The second-order valence-electron chi connectivity index (χ2n) is 4.90. The Kier molecular flexibility index (Phi) is 6.45. The van der Waals surface area contributed by atoms with Crippen molar-refractivity contribution in [3.63, 3.8) is 0 Å². The van der Waals surface area contributed by atoms with Crippen LogP contribution < -0.4 is 5.73 Å². The zero-order valence-electron chi connectivity index (χ0n) is 12.8. The first kappa shape index (κ1) is 16.4. The van der Waals surface area contributed by atoms with Crippen molar-refractivity contribution in [1.82, 2.24) is 9.80 Å². The van der Waals surface area contributed by atoms with Gasteiger partial charge in [-0.1, -0.05) is 12.1 Å². The minimum absolute atomic E-state index is 0.0877. The third-order valence-electron chi connectivity index (χ3n) is 3.39. The maximum absolute atomic E-state index is 13.0. The van der Waals surface area contributed by atoms with Crippen LogP contribution in [0.4, 0.5) is 4.39 Å². The molecule has 4 nitrogen and oxygen atoms in total. The average Bonchev–Trinajstić information content (AvgIpc) is 2.42. The molecule has 1 aromatic rings. The van der Waals surface area contributed by atoms with E-state index in [1.165, 1.54) is 12.1 Å². The van der Waals surface area contributed by atoms with Crippen molar-refractivity contribution in [3.8, 4) is 0 Å². The van der Waals surface area contributed by atoms with Gasteiger partial charge in [0.25, 0.3) is 0 Å². The molecule has 1 unspecified atom stereocenters. The van der Waals surface area contributed by atoms with E-state index < -0.39 is 0 Å². The predicted octanol–water partition coefficient (Wildman–Crippen LogP) is 2.08. The van der Waals surface area contributed by atoms with E-state index >= 15 is 0 Å². The Morgan fingerprint density at radius 2 is 1.75 bits per heavy atom. The average molecular weight is 280 g/mol. The van der Waals surface area contributed by atoms with Crippen molar-refractivity contribution in [2.24, 2.45) is 10.7 Å². The first-order chi connectivity index (χ1) is 9.49. The first-order valence-electron chi connectivity index (χ1n) is 6.96. The van der Waals surface area contributed by atoms with Gasteiger partial charge in [-0.2, -0.15) is 0 Å². The standard InChI is InChI=1S/C15H25FN4/c1-5-20(6-2)15(17)18-11-14(19(3)4)12-7-9-13(16)10-8-12/h7-10,14H,5-6,11H2,1-4H3,(H2,17,18). The van der Waals surface area contributed by atoms with Crippen LogP contribution in [0.3, 0.4) is 0 Å². The molecule has 112 valence electrons. The van der Waals surface area contributed by atoms with Gasteiger partial charge in [0.05, 0.1) is 12.6 Å². The van der Waals surface area contributed by atoms with Crippen molar-refractivity contribution in [2.75, 3.05) is 33.7 Å². The summed E-state index contributed by atoms with van der Waals surface area (Å²) in [6.45, 7) is 6.34. The van der Waals surface area contributed by atoms with Gasteiger partial charge in [0.15, 0.2) is 5.96 Å². The largest absolute Gasteiger partial charge is 0.370 e. The van der Waals surface area contributed by atoms with Crippen LogP contribution in [-0.4, -0.2) is 49.5 Å². The third-order valence-corrected chi connectivity index (χ3v) is 3.39. The number of nitrogens with two attached hydrogens (primary N) is 1. The topological polar surface area (TPSA) is 44.9 Å². The third kappa shape index (κ3) is 4.49. The van der Waals surface area contributed by atoms with Crippen LogP contribution in [0.5, 0.6) is 0 Å². The number of aliphatic imine (C=N–C) groups is 1. The number of hydrogen-bond donors (Lipinski definition) is 1. The number of likely N-dealkylation sites (N-methyl/N-ethyl adjacent to an activating group) is 1. The highest BCUT2D eigenvalue weighted by molar-refractivity contribution is 5.78. The molecule has 0 aliphatic carbocycles. The Labute approximate surface area is 121 Å². The summed E-state index contributed by atoms with van der Waals surface area (Å²) in [7, 11) is 3.97. The number of hydrogen-bond acceptors (Lipinski definition) is 2. The fraction of sp³-hybridized carbons (Fsp3) is 0.533. The van der Waals surface area contributed by atoms with Crippen LogP contribution in [0.1, 0.15) is 25.5 Å². The zero-order chi connectivity index (χ0) is 15.1. The maximum atomic E-state index is 13.0. The Hall–Kier alpha value is -1.62. The molecule has 2 N–H and O–H groups in total. The van der Waals surface area contributed by atoms with E-state index in [0.29, 0.717) is 12.5 Å². The SMILES string of the molecule is CCN(CC)C(N)=NCC(c1ccc(F)cc1)N(C)C. The van der Waals surface area contributed by atoms with Crippen LogP contribution >= 0.6 is 0 Å². The van der Waals surface area contributed by atoms with Crippen molar-refractivity contribution in [2.45, 2.75) is 19.9 Å². The van der Waals surface area contributed by atoms with Gasteiger partial charge in [-0.25, -0.2) is 4.39 Å². The van der Waals surface area contributed by atoms with Crippen LogP contribution in [0, 0.1) is 5.82 Å². The van der Waals surface area contributed by atoms with Crippen LogP contribution in [0.25, 0.3) is 0 Å². The van der Waals surface area contributed by atoms with E-state index in [-0.39, 0.29) is 11.9 Å². The highest BCUT2D eigenvalue weighted by Crippen LogP contribution is 2.19. The summed E-state index contributed by atoms with van der Waals surface area (Å²) in [6.07, 6.45) is 0. The molecule has 1 aromatic carbocycles. The van der Waals surface area contributed by atoms with Crippen molar-refractivity contribution >= 4 is 5.96 Å². The summed E-state index contributed by atoms with van der Waals surface area (Å²) in [6, 6.07) is 6.63. The zero-order valence-corrected chi connectivity index (χ0v) is 12.8. The monoisotopic (exact) mass is 280 g/mol. The Bertz CT molecular complexity index is 424. The van der Waals surface area contributed by atoms with Crippen molar-refractivity contribution in [3.05, 3.63) is 35.6 Å². The molecule has 1 atom stereocenters. The van der Waals surface area contributed by atoms with Crippen molar-refractivity contribution in [1.29, 1.82) is 0 Å². The maximum Gasteiger partial charge on any atom is 0.191 e. The summed E-state index contributed by atoms with van der Waals surface area (Å²) in [5.74, 6) is 0.335. The number of guanidine groups is 1. The number of nitrogens with zero attached hydrogens (tertiary/aromatic N) is 3. The molecule has 0 aliphatic heterocycles. The minimum atomic E-state index is -0.225. The van der Waals surface area contributed by atoms with E-state index in [1.807, 2.05) is 19.0 Å². The summed E-state index contributed by atoms with van der Waals surface area (Å²) < 4.78 is 13.0. The molecule has 0 bridgehead atoms. The first-order valence-corrected chi connectivity index (χ1v) is 6.96. The van der Waals surface area contributed by atoms with E-state index in [4.69, 9.17) is 5.73 Å². The highest BCUT2D eigenvalue weighted by atomic mass is 19.1. The summed E-state index contributed by atoms with van der Waals surface area (Å²) in [4.78, 5) is 8.54. The Morgan fingerprint density at radius 3 is 2.20 bits per heavy atom. The van der Waals surface area contributed by atoms with E-state index in [1.54, 1.807) is 12.1 Å². The molecule has 5 heteroatoms. The molecule has 0 aromatic heterocycles. The molecular weight excluding hydrogens is 255 g/mol. The van der Waals surface area contributed by atoms with Gasteiger partial charge in [0.1, 0.15) is 5.82 Å². The molecular formula is C15H25FN4. The Morgan fingerprint density at radius 1 is 1.20 bits per heavy atom. The molecule has 20 heavy (non-hydrogen) atoms. The van der Waals surface area contributed by atoms with Gasteiger partial charge < -0.3 is 15.5 Å². The summed E-state index contributed by atoms with van der Waals surface area (Å²) in [5, 5.41) is 0. The second kappa shape index (κ2) is 7.85. The molecule has 0 radical (unpaired) electrons. The molecule has 0 amide bonds. The van der Waals surface area contributed by atoms with Crippen LogP contribution in [0.15, 0.2) is 29.3 Å². The highest BCUT2D eigenvalue weighted by Gasteiger charge is 2.14. The molecule has 0 aliphatic rings. The summed E-state index contributed by atoms with van der Waals surface area (Å²) in [5.41, 5.74) is 7.02. The van der Waals surface area contributed by atoms with Gasteiger partial charge in [-0.05, 0) is 45.6 Å². The minimum Gasteiger partial charge on any atom is -0.370 e. The normalized spacial score (nSPS) is 13.6. The van der Waals surface area contributed by atoms with Gasteiger partial charge in [-0.15, -0.1) is 0 Å². The molecule has 0 spiro atoms. The Balaban J connectivity index is 2.83. The fourth-order valence-electron chi connectivity index (χ4n) is 2.08. The van der Waals surface area contributed by atoms with E-state index in [2.05, 4.69) is 23.7 Å². The van der Waals surface area contributed by atoms with Gasteiger partial charge in [0.2, 0.25) is 0 Å². The van der Waals surface area contributed by atoms with Crippen LogP contribution in [-0.2, 0) is 0 Å². The predicted molar refractivity (Wildman–Crippen MR) is 82.2 cm³/mol. The number of benzene rings is 1. The molecule has 1 rings (SSSR count). The van der Waals surface area contributed by atoms with Gasteiger partial charge >= 0.3 is 0 Å². The van der Waals surface area contributed by atoms with Crippen LogP contribution in [0.2, 0.25) is 0 Å². The summed E-state index contributed by atoms with van der Waals surface area (Å²) >= 11 is 0. The fourth-order valence-corrected chi connectivity index (χ4v) is 2.08. The molecule has 0 fully saturated rings. The lowest BCUT2D eigenvalue weighted by Gasteiger charge is -2.25. The van der Waals surface area contributed by atoms with Crippen molar-refractivity contribution < 1.29 is 4.39 Å². The van der Waals surface area contributed by atoms with E-state index in [0.717, 1.165) is 18.7 Å².